The van der Waals surface area contributed by atoms with E-state index >= 15 is 0 Å². The van der Waals surface area contributed by atoms with Crippen LogP contribution in [0.5, 0.6) is 0 Å². The van der Waals surface area contributed by atoms with Crippen LogP contribution < -0.4 is 0 Å². The average molecular weight is 601 g/mol. The lowest BCUT2D eigenvalue weighted by Gasteiger charge is -2.35. The third-order valence-corrected chi connectivity index (χ3v) is 8.38. The zero-order chi connectivity index (χ0) is 31.2. The Kier molecular flexibility index (Phi) is 21.0. The van der Waals surface area contributed by atoms with Crippen LogP contribution in [0, 0.1) is 17.8 Å². The molecule has 5 atom stereocenters. The molecule has 0 aromatic carbocycles. The summed E-state index contributed by atoms with van der Waals surface area (Å²) in [4.78, 5) is 38.1. The molecule has 246 valence electrons. The first-order valence-corrected chi connectivity index (χ1v) is 16.8. The first kappa shape index (κ1) is 37.8. The molecule has 0 aliphatic heterocycles. The highest BCUT2D eigenvalue weighted by Crippen LogP contribution is 2.29. The molecule has 1 fully saturated rings. The minimum Gasteiger partial charge on any atom is -0.434 e. The van der Waals surface area contributed by atoms with Gasteiger partial charge in [0.25, 0.3) is 0 Å². The molecule has 0 spiro atoms. The molecular formula is C33H60O9. The van der Waals surface area contributed by atoms with Gasteiger partial charge in [0.1, 0.15) is 12.2 Å². The molecule has 0 saturated heterocycles. The maximum atomic E-state index is 12.8. The van der Waals surface area contributed by atoms with Gasteiger partial charge in [-0.05, 0) is 56.3 Å². The number of hydrogen-bond acceptors (Lipinski definition) is 9. The monoisotopic (exact) mass is 600 g/mol. The highest BCUT2D eigenvalue weighted by molar-refractivity contribution is 5.62. The molecule has 1 saturated carbocycles. The molecule has 1 aliphatic carbocycles. The van der Waals surface area contributed by atoms with E-state index in [0.717, 1.165) is 77.0 Å². The van der Waals surface area contributed by atoms with Gasteiger partial charge in [0.05, 0.1) is 19.8 Å². The molecule has 1 rings (SSSR count). The second-order valence-electron chi connectivity index (χ2n) is 11.8. The summed E-state index contributed by atoms with van der Waals surface area (Å²) in [5.74, 6) is 0.770. The Labute approximate surface area is 255 Å². The quantitative estimate of drug-likeness (QED) is 0.0940. The highest BCUT2D eigenvalue weighted by atomic mass is 16.8. The van der Waals surface area contributed by atoms with Crippen LogP contribution in [0.4, 0.5) is 14.4 Å². The van der Waals surface area contributed by atoms with Crippen molar-refractivity contribution in [1.82, 2.24) is 0 Å². The number of carbonyl (C=O) groups excluding carboxylic acids is 3. The molecule has 1 aliphatic rings. The Hall–Kier alpha value is -2.19. The summed E-state index contributed by atoms with van der Waals surface area (Å²) in [6.45, 7) is 13.4. The van der Waals surface area contributed by atoms with E-state index in [1.54, 1.807) is 0 Å². The minimum absolute atomic E-state index is 0.242. The minimum atomic E-state index is -1.02. The second kappa shape index (κ2) is 23.3. The van der Waals surface area contributed by atoms with Crippen molar-refractivity contribution in [2.45, 2.75) is 156 Å². The largest absolute Gasteiger partial charge is 0.508 e. The molecule has 0 aromatic rings. The predicted molar refractivity (Wildman–Crippen MR) is 162 cm³/mol. The number of rotatable bonds is 21. The van der Waals surface area contributed by atoms with Gasteiger partial charge in [0.2, 0.25) is 0 Å². The molecule has 0 radical (unpaired) electrons. The van der Waals surface area contributed by atoms with E-state index in [-0.39, 0.29) is 37.6 Å². The van der Waals surface area contributed by atoms with Gasteiger partial charge >= 0.3 is 18.5 Å². The lowest BCUT2D eigenvalue weighted by Crippen LogP contribution is -2.48. The molecular weight excluding hydrogens is 540 g/mol. The van der Waals surface area contributed by atoms with Crippen molar-refractivity contribution in [2.24, 2.45) is 17.8 Å². The van der Waals surface area contributed by atoms with Crippen LogP contribution in [0.3, 0.4) is 0 Å². The van der Waals surface area contributed by atoms with E-state index in [0.29, 0.717) is 19.3 Å². The van der Waals surface area contributed by atoms with Crippen LogP contribution >= 0.6 is 0 Å². The fraction of sp³-hybridized carbons (Fsp3) is 0.909. The Morgan fingerprint density at radius 2 is 0.881 bits per heavy atom. The molecule has 9 heteroatoms. The zero-order valence-electron chi connectivity index (χ0n) is 27.4. The van der Waals surface area contributed by atoms with E-state index in [1.807, 2.05) is 0 Å². The molecule has 0 aromatic heterocycles. The number of carbonyl (C=O) groups is 3. The summed E-state index contributed by atoms with van der Waals surface area (Å²) in [6, 6.07) is 0. The van der Waals surface area contributed by atoms with Crippen molar-refractivity contribution in [3.05, 3.63) is 0 Å². The summed E-state index contributed by atoms with van der Waals surface area (Å²) in [7, 11) is 0. The van der Waals surface area contributed by atoms with Crippen LogP contribution in [-0.2, 0) is 28.4 Å². The molecule has 5 unspecified atom stereocenters. The van der Waals surface area contributed by atoms with E-state index in [4.69, 9.17) is 28.4 Å². The van der Waals surface area contributed by atoms with Crippen LogP contribution in [0.15, 0.2) is 0 Å². The average Bonchev–Trinajstić information content (AvgIpc) is 2.99. The molecule has 9 nitrogen and oxygen atoms in total. The molecule has 42 heavy (non-hydrogen) atoms. The van der Waals surface area contributed by atoms with Crippen molar-refractivity contribution >= 4 is 18.5 Å². The third-order valence-electron chi connectivity index (χ3n) is 8.38. The number of ether oxygens (including phenoxy) is 6. The Balaban J connectivity index is 2.87. The van der Waals surface area contributed by atoms with Gasteiger partial charge in [-0.25, -0.2) is 14.4 Å². The van der Waals surface area contributed by atoms with Gasteiger partial charge in [-0.3, -0.25) is 0 Å². The Morgan fingerprint density at radius 3 is 1.19 bits per heavy atom. The van der Waals surface area contributed by atoms with Crippen molar-refractivity contribution in [2.75, 3.05) is 19.8 Å². The van der Waals surface area contributed by atoms with E-state index in [2.05, 4.69) is 41.5 Å². The van der Waals surface area contributed by atoms with Gasteiger partial charge in [0.15, 0.2) is 6.10 Å². The van der Waals surface area contributed by atoms with Crippen molar-refractivity contribution in [1.29, 1.82) is 0 Å². The number of hydrogen-bond donors (Lipinski definition) is 0. The maximum absolute atomic E-state index is 12.8. The van der Waals surface area contributed by atoms with E-state index in [9.17, 15) is 14.4 Å². The van der Waals surface area contributed by atoms with Gasteiger partial charge in [0, 0.05) is 0 Å². The summed E-state index contributed by atoms with van der Waals surface area (Å²) in [6.07, 6.45) is 8.38. The van der Waals surface area contributed by atoms with Crippen LogP contribution in [0.25, 0.3) is 0 Å². The van der Waals surface area contributed by atoms with Crippen LogP contribution in [0.1, 0.15) is 138 Å². The normalized spacial score (nSPS) is 20.6. The van der Waals surface area contributed by atoms with E-state index in [1.165, 1.54) is 0 Å². The predicted octanol–water partition coefficient (Wildman–Crippen LogP) is 9.38. The first-order valence-electron chi connectivity index (χ1n) is 16.8. The van der Waals surface area contributed by atoms with Crippen molar-refractivity contribution in [3.63, 3.8) is 0 Å². The van der Waals surface area contributed by atoms with E-state index < -0.39 is 36.8 Å². The van der Waals surface area contributed by atoms with Crippen LogP contribution in [0.2, 0.25) is 0 Å². The van der Waals surface area contributed by atoms with Gasteiger partial charge in [-0.2, -0.15) is 0 Å². The fourth-order valence-corrected chi connectivity index (χ4v) is 5.20. The lowest BCUT2D eigenvalue weighted by atomic mass is 9.91. The topological polar surface area (TPSA) is 107 Å². The van der Waals surface area contributed by atoms with Crippen molar-refractivity contribution in [3.8, 4) is 0 Å². The smallest absolute Gasteiger partial charge is 0.434 e. The molecule has 0 N–H and O–H groups in total. The zero-order valence-corrected chi connectivity index (χ0v) is 27.4. The molecule has 0 heterocycles. The van der Waals surface area contributed by atoms with Gasteiger partial charge in [-0.15, -0.1) is 0 Å². The second-order valence-corrected chi connectivity index (χ2v) is 11.8. The lowest BCUT2D eigenvalue weighted by molar-refractivity contribution is -0.128. The standard InChI is InChI=1S/C33H60O9/c1-7-13-17-25(10-4)22-37-31(34)40-28-20-16-21-29(41-32(35)38-23-26(11-5)18-14-8-2)30(28)42-33(36)39-24-27(12-6)19-15-9-3/h25-30H,7-24H2,1-6H3. The third kappa shape index (κ3) is 15.9. The number of unbranched alkanes of at least 4 members (excludes halogenated alkanes) is 3. The maximum Gasteiger partial charge on any atom is 0.508 e. The summed E-state index contributed by atoms with van der Waals surface area (Å²) in [5, 5.41) is 0. The van der Waals surface area contributed by atoms with Crippen molar-refractivity contribution < 1.29 is 42.8 Å². The molecule has 0 amide bonds. The fourth-order valence-electron chi connectivity index (χ4n) is 5.20. The first-order chi connectivity index (χ1) is 20.3. The van der Waals surface area contributed by atoms with Crippen LogP contribution in [-0.4, -0.2) is 56.6 Å². The highest BCUT2D eigenvalue weighted by Gasteiger charge is 2.42. The van der Waals surface area contributed by atoms with Gasteiger partial charge < -0.3 is 28.4 Å². The summed E-state index contributed by atoms with van der Waals surface area (Å²) >= 11 is 0. The SMILES string of the molecule is CCCCC(CC)COC(=O)OC1CCCC(OC(=O)OCC(CC)CCCC)C1OC(=O)OCC(CC)CCCC. The Morgan fingerprint density at radius 1 is 0.548 bits per heavy atom. The summed E-state index contributed by atoms with van der Waals surface area (Å²) < 4.78 is 33.3. The van der Waals surface area contributed by atoms with Gasteiger partial charge in [-0.1, -0.05) is 99.3 Å². The summed E-state index contributed by atoms with van der Waals surface area (Å²) in [5.41, 5.74) is 0. The molecule has 0 bridgehead atoms. The Bertz CT molecular complexity index is 686.